The monoisotopic (exact) mass is 507 g/mol. The van der Waals surface area contributed by atoms with Crippen LogP contribution < -0.4 is 9.64 Å². The predicted molar refractivity (Wildman–Crippen MR) is 123 cm³/mol. The normalized spacial score (nSPS) is 28.3. The highest BCUT2D eigenvalue weighted by atomic mass is 35.5. The number of phenols is 3. The van der Waals surface area contributed by atoms with Crippen LogP contribution in [0.1, 0.15) is 54.1 Å². The summed E-state index contributed by atoms with van der Waals surface area (Å²) in [5.41, 5.74) is -0.426. The lowest BCUT2D eigenvalue weighted by Gasteiger charge is -2.49. The molecule has 2 aromatic rings. The number of phenolic OH excluding ortho intramolecular Hbond substituents is 3. The summed E-state index contributed by atoms with van der Waals surface area (Å²) in [5, 5.41) is 75.9. The van der Waals surface area contributed by atoms with Gasteiger partial charge in [0.05, 0.1) is 12.1 Å². The number of hydrogen-bond acceptors (Lipinski definition) is 10. The maximum Gasteiger partial charge on any atom is 0.297 e. The van der Waals surface area contributed by atoms with Crippen LogP contribution in [0.5, 0.6) is 23.0 Å². The standard InChI is InChI=1S/C24H26ClNO9/c25-13-6-4-11(5-7-13)15-10-14(27)8-9-26(15)17-18(28)16-21(20(30)19(17)29)35-24(34,12-2-1-3-12)23(32,33)22(16)31/h4-7,12,14-15,27-30,32-34H,1-3,8-10H2. The van der Waals surface area contributed by atoms with E-state index in [1.165, 1.54) is 4.90 Å². The molecule has 0 bridgehead atoms. The summed E-state index contributed by atoms with van der Waals surface area (Å²) >= 11 is 5.99. The van der Waals surface area contributed by atoms with Crippen molar-refractivity contribution in [1.29, 1.82) is 0 Å². The molecule has 0 amide bonds. The first-order chi connectivity index (χ1) is 16.5. The Hall–Kier alpha value is -2.76. The fourth-order valence-corrected chi connectivity index (χ4v) is 5.33. The number of ether oxygens (including phenoxy) is 1. The summed E-state index contributed by atoms with van der Waals surface area (Å²) in [5.74, 6) is -11.8. The van der Waals surface area contributed by atoms with Gasteiger partial charge in [0.2, 0.25) is 11.5 Å². The van der Waals surface area contributed by atoms with E-state index in [0.717, 1.165) is 0 Å². The predicted octanol–water partition coefficient (Wildman–Crippen LogP) is 1.90. The molecule has 1 aliphatic carbocycles. The zero-order valence-corrected chi connectivity index (χ0v) is 19.3. The van der Waals surface area contributed by atoms with Crippen LogP contribution in [0.15, 0.2) is 24.3 Å². The van der Waals surface area contributed by atoms with Gasteiger partial charge in [0.25, 0.3) is 11.6 Å². The van der Waals surface area contributed by atoms with Crippen molar-refractivity contribution in [3.05, 3.63) is 40.4 Å². The molecule has 3 atom stereocenters. The first kappa shape index (κ1) is 24.0. The number of aliphatic hydroxyl groups is 4. The van der Waals surface area contributed by atoms with Crippen LogP contribution in [-0.4, -0.2) is 65.8 Å². The zero-order chi connectivity index (χ0) is 25.3. The SMILES string of the molecule is O=C1c2c(O)c(N3CCC(O)CC3c3ccc(Cl)cc3)c(O)c(O)c2OC(O)(C2CCC2)C1(O)O. The molecule has 0 spiro atoms. The molecule has 5 rings (SSSR count). The summed E-state index contributed by atoms with van der Waals surface area (Å²) in [6.07, 6.45) is 1.13. The first-order valence-electron chi connectivity index (χ1n) is 11.4. The van der Waals surface area contributed by atoms with Crippen molar-refractivity contribution >= 4 is 23.1 Å². The number of benzene rings is 2. The number of aromatic hydroxyl groups is 3. The first-order valence-corrected chi connectivity index (χ1v) is 11.8. The summed E-state index contributed by atoms with van der Waals surface area (Å²) < 4.78 is 5.38. The highest BCUT2D eigenvalue weighted by Gasteiger charge is 2.66. The van der Waals surface area contributed by atoms with Crippen molar-refractivity contribution in [2.45, 2.75) is 55.8 Å². The number of anilines is 1. The number of fused-ring (bicyclic) bond motifs is 1. The van der Waals surface area contributed by atoms with Crippen molar-refractivity contribution in [1.82, 2.24) is 0 Å². The number of nitrogens with zero attached hydrogens (tertiary/aromatic N) is 1. The van der Waals surface area contributed by atoms with Crippen LogP contribution in [-0.2, 0) is 0 Å². The number of Topliss-reactive ketones (excluding diaryl/α,β-unsaturated/α-hetero) is 1. The minimum atomic E-state index is -3.41. The number of carbonyl (C=O) groups excluding carboxylic acids is 1. The number of rotatable bonds is 3. The van der Waals surface area contributed by atoms with Gasteiger partial charge in [-0.15, -0.1) is 0 Å². The summed E-state index contributed by atoms with van der Waals surface area (Å²) in [6, 6.07) is 6.12. The fourth-order valence-electron chi connectivity index (χ4n) is 5.20. The van der Waals surface area contributed by atoms with Gasteiger partial charge in [0, 0.05) is 17.5 Å². The van der Waals surface area contributed by atoms with Crippen molar-refractivity contribution in [3.63, 3.8) is 0 Å². The Balaban J connectivity index is 1.65. The van der Waals surface area contributed by atoms with Crippen molar-refractivity contribution < 1.29 is 45.3 Å². The van der Waals surface area contributed by atoms with Crippen LogP contribution in [0.25, 0.3) is 0 Å². The molecule has 2 aromatic carbocycles. The molecule has 3 unspecified atom stereocenters. The molecule has 11 heteroatoms. The molecule has 3 aliphatic rings. The van der Waals surface area contributed by atoms with E-state index in [1.807, 2.05) is 0 Å². The van der Waals surface area contributed by atoms with Gasteiger partial charge in [-0.25, -0.2) is 0 Å². The number of aliphatic hydroxyl groups excluding tert-OH is 1. The lowest BCUT2D eigenvalue weighted by molar-refractivity contribution is -0.348. The molecule has 1 saturated heterocycles. The van der Waals surface area contributed by atoms with Crippen LogP contribution >= 0.6 is 11.6 Å². The van der Waals surface area contributed by atoms with Gasteiger partial charge in [0.15, 0.2) is 17.2 Å². The molecule has 0 aromatic heterocycles. The molecular formula is C24H26ClNO9. The minimum Gasteiger partial charge on any atom is -0.505 e. The van der Waals surface area contributed by atoms with Crippen LogP contribution in [0, 0.1) is 5.92 Å². The molecule has 188 valence electrons. The van der Waals surface area contributed by atoms with Crippen LogP contribution in [0.3, 0.4) is 0 Å². The van der Waals surface area contributed by atoms with Gasteiger partial charge >= 0.3 is 0 Å². The third-order valence-electron chi connectivity index (χ3n) is 7.43. The third-order valence-corrected chi connectivity index (χ3v) is 7.68. The number of hydrogen-bond donors (Lipinski definition) is 7. The van der Waals surface area contributed by atoms with E-state index < -0.39 is 64.0 Å². The Kier molecular flexibility index (Phi) is 5.57. The van der Waals surface area contributed by atoms with E-state index in [9.17, 15) is 40.5 Å². The Bertz CT molecular complexity index is 1180. The van der Waals surface area contributed by atoms with Gasteiger partial charge in [-0.2, -0.15) is 0 Å². The maximum atomic E-state index is 13.2. The molecule has 35 heavy (non-hydrogen) atoms. The van der Waals surface area contributed by atoms with Gasteiger partial charge in [-0.05, 0) is 43.4 Å². The molecule has 2 fully saturated rings. The number of ketones is 1. The smallest absolute Gasteiger partial charge is 0.297 e. The Morgan fingerprint density at radius 3 is 2.23 bits per heavy atom. The zero-order valence-electron chi connectivity index (χ0n) is 18.6. The maximum absolute atomic E-state index is 13.2. The van der Waals surface area contributed by atoms with Crippen molar-refractivity contribution in [2.75, 3.05) is 11.4 Å². The molecule has 10 nitrogen and oxygen atoms in total. The number of carbonyl (C=O) groups is 1. The average molecular weight is 508 g/mol. The fraction of sp³-hybridized carbons (Fsp3) is 0.458. The second-order valence-electron chi connectivity index (χ2n) is 9.47. The topological polar surface area (TPSA) is 171 Å². The van der Waals surface area contributed by atoms with Crippen molar-refractivity contribution in [2.24, 2.45) is 5.92 Å². The van der Waals surface area contributed by atoms with Crippen LogP contribution in [0.4, 0.5) is 5.69 Å². The van der Waals surface area contributed by atoms with E-state index in [1.54, 1.807) is 24.3 Å². The Morgan fingerprint density at radius 2 is 1.63 bits per heavy atom. The second kappa shape index (κ2) is 8.14. The molecule has 0 radical (unpaired) electrons. The number of halogens is 1. The lowest BCUT2D eigenvalue weighted by atomic mass is 9.72. The quantitative estimate of drug-likeness (QED) is 0.185. The van der Waals surface area contributed by atoms with Gasteiger partial charge in [-0.3, -0.25) is 4.79 Å². The molecule has 7 N–H and O–H groups in total. The number of piperidine rings is 1. The molecule has 2 heterocycles. The second-order valence-corrected chi connectivity index (χ2v) is 9.90. The van der Waals surface area contributed by atoms with Crippen molar-refractivity contribution in [3.8, 4) is 23.0 Å². The van der Waals surface area contributed by atoms with E-state index >= 15 is 0 Å². The van der Waals surface area contributed by atoms with E-state index in [4.69, 9.17) is 16.3 Å². The third kappa shape index (κ3) is 3.43. The van der Waals surface area contributed by atoms with Gasteiger partial charge < -0.3 is 45.4 Å². The van der Waals surface area contributed by atoms with E-state index in [0.29, 0.717) is 29.8 Å². The van der Waals surface area contributed by atoms with Gasteiger partial charge in [-0.1, -0.05) is 30.2 Å². The lowest BCUT2D eigenvalue weighted by Crippen LogP contribution is -2.69. The summed E-state index contributed by atoms with van der Waals surface area (Å²) in [6.45, 7) is 0.123. The molecule has 2 aliphatic heterocycles. The molecular weight excluding hydrogens is 482 g/mol. The van der Waals surface area contributed by atoms with Gasteiger partial charge in [0.1, 0.15) is 11.3 Å². The Labute approximate surface area is 205 Å². The summed E-state index contributed by atoms with van der Waals surface area (Å²) in [7, 11) is 0. The highest BCUT2D eigenvalue weighted by Crippen LogP contribution is 2.59. The molecule has 1 saturated carbocycles. The Morgan fingerprint density at radius 1 is 0.971 bits per heavy atom. The van der Waals surface area contributed by atoms with E-state index in [-0.39, 0.29) is 25.1 Å². The largest absolute Gasteiger partial charge is 0.505 e. The van der Waals surface area contributed by atoms with E-state index in [2.05, 4.69) is 0 Å². The average Bonchev–Trinajstić information content (AvgIpc) is 2.76. The summed E-state index contributed by atoms with van der Waals surface area (Å²) in [4.78, 5) is 14.7. The highest BCUT2D eigenvalue weighted by molar-refractivity contribution is 6.30. The van der Waals surface area contributed by atoms with Crippen LogP contribution in [0.2, 0.25) is 5.02 Å². The minimum absolute atomic E-state index is 0.123.